The number of benzene rings is 1. The lowest BCUT2D eigenvalue weighted by Gasteiger charge is -2.17. The van der Waals surface area contributed by atoms with Crippen LogP contribution in [0.2, 0.25) is 0 Å². The van der Waals surface area contributed by atoms with Gasteiger partial charge in [0, 0.05) is 24.6 Å². The number of rotatable bonds is 7. The van der Waals surface area contributed by atoms with E-state index in [-0.39, 0.29) is 6.10 Å². The topological polar surface area (TPSA) is 39.7 Å². The van der Waals surface area contributed by atoms with E-state index < -0.39 is 0 Å². The summed E-state index contributed by atoms with van der Waals surface area (Å²) < 4.78 is 16.7. The molecule has 1 heterocycles. The molecule has 4 nitrogen and oxygen atoms in total. The lowest BCUT2D eigenvalue weighted by molar-refractivity contribution is 0.140. The zero-order chi connectivity index (χ0) is 14.4. The van der Waals surface area contributed by atoms with E-state index >= 15 is 0 Å². The fourth-order valence-electron chi connectivity index (χ4n) is 2.20. The monoisotopic (exact) mass is 279 g/mol. The SMILES string of the molecule is COc1ccc(CNCC(C)C)c(OC2CCOC2)c1. The average molecular weight is 279 g/mol. The normalized spacial score (nSPS) is 18.5. The molecule has 1 aliphatic heterocycles. The molecule has 0 radical (unpaired) electrons. The molecule has 1 aromatic carbocycles. The summed E-state index contributed by atoms with van der Waals surface area (Å²) in [6.07, 6.45) is 1.11. The molecule has 0 spiro atoms. The molecule has 0 aromatic heterocycles. The Morgan fingerprint density at radius 2 is 2.25 bits per heavy atom. The van der Waals surface area contributed by atoms with Gasteiger partial charge in [-0.3, -0.25) is 0 Å². The van der Waals surface area contributed by atoms with E-state index in [1.165, 1.54) is 5.56 Å². The minimum Gasteiger partial charge on any atom is -0.497 e. The predicted octanol–water partition coefficient (Wildman–Crippen LogP) is 2.61. The fraction of sp³-hybridized carbons (Fsp3) is 0.625. The van der Waals surface area contributed by atoms with Crippen LogP contribution in [0.1, 0.15) is 25.8 Å². The molecule has 0 aliphatic carbocycles. The van der Waals surface area contributed by atoms with Gasteiger partial charge in [0.15, 0.2) is 0 Å². The first-order chi connectivity index (χ1) is 9.69. The van der Waals surface area contributed by atoms with Gasteiger partial charge in [-0.25, -0.2) is 0 Å². The summed E-state index contributed by atoms with van der Waals surface area (Å²) in [6.45, 7) is 7.68. The molecule has 1 N–H and O–H groups in total. The van der Waals surface area contributed by atoms with Gasteiger partial charge in [0.1, 0.15) is 17.6 Å². The Morgan fingerprint density at radius 3 is 2.90 bits per heavy atom. The van der Waals surface area contributed by atoms with Crippen LogP contribution in [0.25, 0.3) is 0 Å². The largest absolute Gasteiger partial charge is 0.497 e. The number of methoxy groups -OCH3 is 1. The van der Waals surface area contributed by atoms with Gasteiger partial charge in [-0.1, -0.05) is 19.9 Å². The number of nitrogens with one attached hydrogen (secondary N) is 1. The van der Waals surface area contributed by atoms with Crippen LogP contribution in [0, 0.1) is 5.92 Å². The second-order valence-corrected chi connectivity index (χ2v) is 5.60. The molecule has 1 atom stereocenters. The van der Waals surface area contributed by atoms with Crippen molar-refractivity contribution in [3.8, 4) is 11.5 Å². The molecule has 0 saturated carbocycles. The molecule has 112 valence electrons. The van der Waals surface area contributed by atoms with Crippen molar-refractivity contribution in [2.24, 2.45) is 5.92 Å². The van der Waals surface area contributed by atoms with Crippen LogP contribution >= 0.6 is 0 Å². The van der Waals surface area contributed by atoms with Gasteiger partial charge in [-0.2, -0.15) is 0 Å². The van der Waals surface area contributed by atoms with Gasteiger partial charge in [-0.05, 0) is 18.5 Å². The second-order valence-electron chi connectivity index (χ2n) is 5.60. The lowest BCUT2D eigenvalue weighted by atomic mass is 10.1. The van der Waals surface area contributed by atoms with Crippen LogP contribution in [-0.2, 0) is 11.3 Å². The zero-order valence-corrected chi connectivity index (χ0v) is 12.6. The Labute approximate surface area is 121 Å². The maximum Gasteiger partial charge on any atom is 0.128 e. The second kappa shape index (κ2) is 7.50. The van der Waals surface area contributed by atoms with Crippen molar-refractivity contribution in [3.05, 3.63) is 23.8 Å². The lowest BCUT2D eigenvalue weighted by Crippen LogP contribution is -2.21. The third-order valence-corrected chi connectivity index (χ3v) is 3.32. The molecule has 2 rings (SSSR count). The molecular formula is C16H25NO3. The Hall–Kier alpha value is -1.26. The van der Waals surface area contributed by atoms with E-state index in [1.807, 2.05) is 12.1 Å². The summed E-state index contributed by atoms with van der Waals surface area (Å²) >= 11 is 0. The van der Waals surface area contributed by atoms with E-state index in [1.54, 1.807) is 7.11 Å². The van der Waals surface area contributed by atoms with Gasteiger partial charge in [-0.15, -0.1) is 0 Å². The van der Waals surface area contributed by atoms with Crippen LogP contribution in [-0.4, -0.2) is 33.0 Å². The summed E-state index contributed by atoms with van der Waals surface area (Å²) in [5, 5.41) is 3.45. The minimum absolute atomic E-state index is 0.158. The van der Waals surface area contributed by atoms with Crippen molar-refractivity contribution in [1.82, 2.24) is 5.32 Å². The predicted molar refractivity (Wildman–Crippen MR) is 79.4 cm³/mol. The Morgan fingerprint density at radius 1 is 1.40 bits per heavy atom. The van der Waals surface area contributed by atoms with Gasteiger partial charge in [0.25, 0.3) is 0 Å². The molecule has 0 amide bonds. The fourth-order valence-corrected chi connectivity index (χ4v) is 2.20. The first-order valence-electron chi connectivity index (χ1n) is 7.31. The van der Waals surface area contributed by atoms with Gasteiger partial charge in [0.2, 0.25) is 0 Å². The van der Waals surface area contributed by atoms with Crippen LogP contribution in [0.3, 0.4) is 0 Å². The average Bonchev–Trinajstić information content (AvgIpc) is 2.93. The van der Waals surface area contributed by atoms with Crippen LogP contribution in [0.4, 0.5) is 0 Å². The molecule has 0 bridgehead atoms. The van der Waals surface area contributed by atoms with Crippen molar-refractivity contribution in [2.45, 2.75) is 32.9 Å². The van der Waals surface area contributed by atoms with E-state index in [9.17, 15) is 0 Å². The highest BCUT2D eigenvalue weighted by atomic mass is 16.5. The number of hydrogen-bond donors (Lipinski definition) is 1. The first-order valence-corrected chi connectivity index (χ1v) is 7.31. The smallest absolute Gasteiger partial charge is 0.128 e. The summed E-state index contributed by atoms with van der Waals surface area (Å²) in [6, 6.07) is 6.01. The van der Waals surface area contributed by atoms with Gasteiger partial charge >= 0.3 is 0 Å². The summed E-state index contributed by atoms with van der Waals surface area (Å²) in [7, 11) is 1.68. The third-order valence-electron chi connectivity index (χ3n) is 3.32. The zero-order valence-electron chi connectivity index (χ0n) is 12.6. The highest BCUT2D eigenvalue weighted by Gasteiger charge is 2.19. The maximum atomic E-state index is 6.06. The molecular weight excluding hydrogens is 254 g/mol. The van der Waals surface area contributed by atoms with Crippen molar-refractivity contribution in [1.29, 1.82) is 0 Å². The van der Waals surface area contributed by atoms with Crippen LogP contribution in [0.15, 0.2) is 18.2 Å². The molecule has 1 saturated heterocycles. The highest BCUT2D eigenvalue weighted by molar-refractivity contribution is 5.41. The minimum atomic E-state index is 0.158. The van der Waals surface area contributed by atoms with Crippen molar-refractivity contribution in [3.63, 3.8) is 0 Å². The molecule has 4 heteroatoms. The van der Waals surface area contributed by atoms with Crippen LogP contribution in [0.5, 0.6) is 11.5 Å². The van der Waals surface area contributed by atoms with Gasteiger partial charge in [0.05, 0.1) is 20.3 Å². The van der Waals surface area contributed by atoms with Crippen molar-refractivity contribution in [2.75, 3.05) is 26.9 Å². The quantitative estimate of drug-likeness (QED) is 0.833. The van der Waals surface area contributed by atoms with E-state index in [0.717, 1.165) is 37.6 Å². The van der Waals surface area contributed by atoms with E-state index in [2.05, 4.69) is 25.2 Å². The molecule has 1 aliphatic rings. The van der Waals surface area contributed by atoms with E-state index in [4.69, 9.17) is 14.2 Å². The Bertz CT molecular complexity index is 414. The summed E-state index contributed by atoms with van der Waals surface area (Å²) in [5.74, 6) is 2.36. The van der Waals surface area contributed by atoms with E-state index in [0.29, 0.717) is 12.5 Å². The Balaban J connectivity index is 2.03. The van der Waals surface area contributed by atoms with Gasteiger partial charge < -0.3 is 19.5 Å². The molecule has 1 unspecified atom stereocenters. The van der Waals surface area contributed by atoms with Crippen molar-refractivity contribution < 1.29 is 14.2 Å². The highest BCUT2D eigenvalue weighted by Crippen LogP contribution is 2.27. The summed E-state index contributed by atoms with van der Waals surface area (Å²) in [4.78, 5) is 0. The molecule has 20 heavy (non-hydrogen) atoms. The summed E-state index contributed by atoms with van der Waals surface area (Å²) in [5.41, 5.74) is 1.17. The third kappa shape index (κ3) is 4.39. The van der Waals surface area contributed by atoms with Crippen molar-refractivity contribution >= 4 is 0 Å². The standard InChI is InChI=1S/C16H25NO3/c1-12(2)9-17-10-13-4-5-14(18-3)8-16(13)20-15-6-7-19-11-15/h4-5,8,12,15,17H,6-7,9-11H2,1-3H3. The number of ether oxygens (including phenoxy) is 3. The number of hydrogen-bond acceptors (Lipinski definition) is 4. The molecule has 1 fully saturated rings. The Kier molecular flexibility index (Phi) is 5.68. The molecule has 1 aromatic rings. The van der Waals surface area contributed by atoms with Crippen LogP contribution < -0.4 is 14.8 Å². The first kappa shape index (κ1) is 15.1. The maximum absolute atomic E-state index is 6.06.